The molecule has 40 heavy (non-hydrogen) atoms. The van der Waals surface area contributed by atoms with Crippen LogP contribution in [0, 0.1) is 5.82 Å². The second-order valence-electron chi connectivity index (χ2n) is 10.1. The molecule has 214 valence electrons. The standard InChI is InChI=1S/C28H36ClFN8O2/c1-36-11-13-38(14-12-36)10-8-26(39)35-25-16-19(7-9-33-25)34-23(28(32)24-5-6-27(40)37(24)2)17-22(31)20-15-18(29)3-4-21(20)30/h3-4,7,9,15-17,24H,5-6,8,10-14,31-32H2,1-2H3,(H2,33,34,35,39)/b22-17-,28-23+. The number of rotatable bonds is 9. The Morgan fingerprint density at radius 2 is 1.90 bits per heavy atom. The summed E-state index contributed by atoms with van der Waals surface area (Å²) < 4.78 is 14.5. The van der Waals surface area contributed by atoms with Gasteiger partial charge in [0.2, 0.25) is 11.8 Å². The smallest absolute Gasteiger partial charge is 0.226 e. The van der Waals surface area contributed by atoms with Crippen molar-refractivity contribution in [3.05, 3.63) is 70.4 Å². The number of carbonyl (C=O) groups excluding carboxylic acids is 2. The molecule has 1 unspecified atom stereocenters. The molecule has 0 radical (unpaired) electrons. The maximum Gasteiger partial charge on any atom is 0.226 e. The molecule has 12 heteroatoms. The van der Waals surface area contributed by atoms with Crippen molar-refractivity contribution in [2.24, 2.45) is 11.5 Å². The predicted octanol–water partition coefficient (Wildman–Crippen LogP) is 2.65. The van der Waals surface area contributed by atoms with Crippen LogP contribution in [0.5, 0.6) is 0 Å². The molecule has 2 aliphatic rings. The summed E-state index contributed by atoms with van der Waals surface area (Å²) in [6.07, 6.45) is 4.34. The largest absolute Gasteiger partial charge is 0.399 e. The Kier molecular flexibility index (Phi) is 9.62. The van der Waals surface area contributed by atoms with Gasteiger partial charge < -0.3 is 36.8 Å². The molecule has 2 amide bonds. The summed E-state index contributed by atoms with van der Waals surface area (Å²) in [4.78, 5) is 35.2. The first-order chi connectivity index (χ1) is 19.1. The van der Waals surface area contributed by atoms with Gasteiger partial charge in [-0.1, -0.05) is 11.6 Å². The van der Waals surface area contributed by atoms with Gasteiger partial charge in [0.25, 0.3) is 0 Å². The van der Waals surface area contributed by atoms with Gasteiger partial charge in [-0.05, 0) is 43.8 Å². The van der Waals surface area contributed by atoms with Gasteiger partial charge in [0.05, 0.1) is 17.4 Å². The molecule has 2 aliphatic heterocycles. The van der Waals surface area contributed by atoms with Gasteiger partial charge in [-0.25, -0.2) is 9.37 Å². The Morgan fingerprint density at radius 1 is 1.15 bits per heavy atom. The summed E-state index contributed by atoms with van der Waals surface area (Å²) in [7, 11) is 3.78. The van der Waals surface area contributed by atoms with Crippen LogP contribution >= 0.6 is 11.6 Å². The Bertz CT molecular complexity index is 1310. The highest BCUT2D eigenvalue weighted by molar-refractivity contribution is 6.30. The van der Waals surface area contributed by atoms with Crippen LogP contribution in [0.25, 0.3) is 5.70 Å². The van der Waals surface area contributed by atoms with Crippen LogP contribution in [0.4, 0.5) is 15.9 Å². The van der Waals surface area contributed by atoms with E-state index in [0.717, 1.165) is 26.2 Å². The summed E-state index contributed by atoms with van der Waals surface area (Å²) in [6, 6.07) is 7.13. The summed E-state index contributed by atoms with van der Waals surface area (Å²) in [5.74, 6) is -0.312. The molecule has 3 heterocycles. The van der Waals surface area contributed by atoms with E-state index in [1.165, 1.54) is 24.3 Å². The molecule has 2 saturated heterocycles. The third-order valence-electron chi connectivity index (χ3n) is 7.26. The second kappa shape index (κ2) is 13.1. The van der Waals surface area contributed by atoms with Crippen molar-refractivity contribution in [2.75, 3.05) is 57.5 Å². The molecule has 4 rings (SSSR count). The number of pyridine rings is 1. The van der Waals surface area contributed by atoms with Crippen molar-refractivity contribution in [3.8, 4) is 0 Å². The first-order valence-electron chi connectivity index (χ1n) is 13.2. The van der Waals surface area contributed by atoms with Crippen LogP contribution < -0.4 is 22.1 Å². The fourth-order valence-electron chi connectivity index (χ4n) is 4.76. The number of benzene rings is 1. The predicted molar refractivity (Wildman–Crippen MR) is 156 cm³/mol. The highest BCUT2D eigenvalue weighted by atomic mass is 35.5. The van der Waals surface area contributed by atoms with E-state index < -0.39 is 5.82 Å². The molecular formula is C28H36ClFN8O2. The van der Waals surface area contributed by atoms with Gasteiger partial charge in [-0.3, -0.25) is 9.59 Å². The molecule has 10 nitrogen and oxygen atoms in total. The number of anilines is 2. The highest BCUT2D eigenvalue weighted by Crippen LogP contribution is 2.27. The molecule has 1 atom stereocenters. The molecule has 2 aromatic rings. The van der Waals surface area contributed by atoms with Crippen LogP contribution in [-0.4, -0.2) is 84.4 Å². The van der Waals surface area contributed by atoms with Crippen molar-refractivity contribution >= 4 is 40.6 Å². The number of allylic oxidation sites excluding steroid dienone is 1. The fourth-order valence-corrected chi connectivity index (χ4v) is 4.93. The number of likely N-dealkylation sites (tertiary alicyclic amines) is 1. The molecular weight excluding hydrogens is 535 g/mol. The SMILES string of the molecule is CN1CCN(CCC(=O)Nc2cc(NC(/C=C(\N)c3cc(Cl)ccc3F)=C(/N)C3CCC(=O)N3C)ccn2)CC1. The normalized spacial score (nSPS) is 19.5. The van der Waals surface area contributed by atoms with E-state index in [1.807, 2.05) is 0 Å². The minimum Gasteiger partial charge on any atom is -0.399 e. The maximum atomic E-state index is 14.5. The molecule has 0 bridgehead atoms. The van der Waals surface area contributed by atoms with E-state index in [1.54, 1.807) is 30.3 Å². The number of hydrogen-bond acceptors (Lipinski definition) is 8. The summed E-state index contributed by atoms with van der Waals surface area (Å²) in [5.41, 5.74) is 14.4. The van der Waals surface area contributed by atoms with E-state index in [2.05, 4.69) is 32.5 Å². The zero-order valence-corrected chi connectivity index (χ0v) is 23.5. The lowest BCUT2D eigenvalue weighted by atomic mass is 10.1. The van der Waals surface area contributed by atoms with Crippen LogP contribution in [0.15, 0.2) is 54.0 Å². The summed E-state index contributed by atoms with van der Waals surface area (Å²) in [6.45, 7) is 4.54. The lowest BCUT2D eigenvalue weighted by Gasteiger charge is -2.32. The number of aromatic nitrogens is 1. The number of halogens is 2. The highest BCUT2D eigenvalue weighted by Gasteiger charge is 2.31. The van der Waals surface area contributed by atoms with Crippen LogP contribution in [-0.2, 0) is 9.59 Å². The van der Waals surface area contributed by atoms with Crippen LogP contribution in [0.2, 0.25) is 5.02 Å². The van der Waals surface area contributed by atoms with Gasteiger partial charge in [0, 0.05) is 86.8 Å². The monoisotopic (exact) mass is 570 g/mol. The number of nitrogens with two attached hydrogens (primary N) is 2. The van der Waals surface area contributed by atoms with Crippen molar-refractivity contribution in [1.82, 2.24) is 19.7 Å². The lowest BCUT2D eigenvalue weighted by molar-refractivity contribution is -0.127. The van der Waals surface area contributed by atoms with Crippen LogP contribution in [0.1, 0.15) is 24.8 Å². The zero-order valence-electron chi connectivity index (χ0n) is 22.8. The van der Waals surface area contributed by atoms with E-state index in [-0.39, 0.29) is 29.1 Å². The molecule has 1 aromatic carbocycles. The van der Waals surface area contributed by atoms with Gasteiger partial charge in [-0.15, -0.1) is 0 Å². The average Bonchev–Trinajstić information content (AvgIpc) is 3.26. The molecule has 0 aliphatic carbocycles. The number of piperazine rings is 1. The van der Waals surface area contributed by atoms with E-state index in [4.69, 9.17) is 23.1 Å². The number of nitrogens with zero attached hydrogens (tertiary/aromatic N) is 4. The van der Waals surface area contributed by atoms with Gasteiger partial charge in [0.15, 0.2) is 0 Å². The van der Waals surface area contributed by atoms with E-state index >= 15 is 0 Å². The number of amides is 2. The Labute approximate surface area is 238 Å². The third-order valence-corrected chi connectivity index (χ3v) is 7.49. The fraction of sp³-hybridized carbons (Fsp3) is 0.393. The minimum atomic E-state index is -0.533. The zero-order chi connectivity index (χ0) is 28.8. The molecule has 0 spiro atoms. The number of nitrogens with one attached hydrogen (secondary N) is 2. The Balaban J connectivity index is 1.53. The third kappa shape index (κ3) is 7.50. The number of hydrogen-bond donors (Lipinski definition) is 4. The first kappa shape index (κ1) is 29.3. The van der Waals surface area contributed by atoms with E-state index in [0.29, 0.717) is 53.7 Å². The van der Waals surface area contributed by atoms with Gasteiger partial charge in [-0.2, -0.15) is 0 Å². The topological polar surface area (TPSA) is 133 Å². The lowest BCUT2D eigenvalue weighted by Crippen LogP contribution is -2.45. The average molecular weight is 571 g/mol. The molecule has 6 N–H and O–H groups in total. The number of carbonyl (C=O) groups is 2. The number of likely N-dealkylation sites (N-methyl/N-ethyl adjacent to an activating group) is 2. The van der Waals surface area contributed by atoms with Crippen LogP contribution in [0.3, 0.4) is 0 Å². The van der Waals surface area contributed by atoms with Gasteiger partial charge in [0.1, 0.15) is 11.6 Å². The van der Waals surface area contributed by atoms with Crippen molar-refractivity contribution in [2.45, 2.75) is 25.3 Å². The van der Waals surface area contributed by atoms with E-state index in [9.17, 15) is 14.0 Å². The Hall–Kier alpha value is -3.67. The Morgan fingerprint density at radius 3 is 2.60 bits per heavy atom. The maximum absolute atomic E-state index is 14.5. The molecule has 2 fully saturated rings. The van der Waals surface area contributed by atoms with Crippen molar-refractivity contribution < 1.29 is 14.0 Å². The summed E-state index contributed by atoms with van der Waals surface area (Å²) in [5, 5.41) is 6.41. The summed E-state index contributed by atoms with van der Waals surface area (Å²) >= 11 is 6.07. The quantitative estimate of drug-likeness (QED) is 0.338. The van der Waals surface area contributed by atoms with Crippen molar-refractivity contribution in [3.63, 3.8) is 0 Å². The molecule has 1 aromatic heterocycles. The van der Waals surface area contributed by atoms with Crippen molar-refractivity contribution in [1.29, 1.82) is 0 Å². The first-order valence-corrected chi connectivity index (χ1v) is 13.6. The molecule has 0 saturated carbocycles. The minimum absolute atomic E-state index is 0.0179. The van der Waals surface area contributed by atoms with Gasteiger partial charge >= 0.3 is 0 Å². The second-order valence-corrected chi connectivity index (χ2v) is 10.6.